The van der Waals surface area contributed by atoms with Gasteiger partial charge in [0.1, 0.15) is 18.3 Å². The standard InChI is InChI=1S/C28H31Cl2N3O5S/c1-19(2)31-28(35)20(3)32(17-22-23(29)13-10-14-24(22)30)27(34)18-33(25-15-8-9-16-26(25)38-4)39(36,37)21-11-6-5-7-12-21/h5-16,19-20H,17-18H2,1-4H3,(H,31,35)/t20-/m0/s1. The normalized spacial score (nSPS) is 12.1. The Kier molecular flexibility index (Phi) is 10.2. The molecule has 208 valence electrons. The van der Waals surface area contributed by atoms with Gasteiger partial charge < -0.3 is 15.0 Å². The summed E-state index contributed by atoms with van der Waals surface area (Å²) >= 11 is 12.8. The van der Waals surface area contributed by atoms with E-state index >= 15 is 0 Å². The number of carbonyl (C=O) groups is 2. The summed E-state index contributed by atoms with van der Waals surface area (Å²) in [5, 5.41) is 3.43. The Hall–Kier alpha value is -3.27. The third kappa shape index (κ3) is 7.23. The number of para-hydroxylation sites is 2. The van der Waals surface area contributed by atoms with E-state index in [0.29, 0.717) is 15.6 Å². The zero-order chi connectivity index (χ0) is 28.7. The molecule has 1 atom stereocenters. The van der Waals surface area contributed by atoms with Crippen molar-refractivity contribution in [3.63, 3.8) is 0 Å². The fourth-order valence-electron chi connectivity index (χ4n) is 3.91. The topological polar surface area (TPSA) is 96.0 Å². The van der Waals surface area contributed by atoms with Crippen LogP contribution in [0, 0.1) is 0 Å². The molecule has 3 aromatic rings. The van der Waals surface area contributed by atoms with E-state index in [1.807, 2.05) is 0 Å². The number of halogens is 2. The van der Waals surface area contributed by atoms with E-state index in [2.05, 4.69) is 5.32 Å². The van der Waals surface area contributed by atoms with Gasteiger partial charge in [0, 0.05) is 28.2 Å². The van der Waals surface area contributed by atoms with E-state index in [-0.39, 0.29) is 28.9 Å². The number of sulfonamides is 1. The lowest BCUT2D eigenvalue weighted by atomic mass is 10.1. The van der Waals surface area contributed by atoms with Crippen molar-refractivity contribution in [2.45, 2.75) is 44.3 Å². The molecule has 0 aliphatic carbocycles. The van der Waals surface area contributed by atoms with Crippen LogP contribution in [-0.4, -0.2) is 50.9 Å². The Labute approximate surface area is 239 Å². The molecule has 0 radical (unpaired) electrons. The van der Waals surface area contributed by atoms with Gasteiger partial charge in [0.05, 0.1) is 17.7 Å². The monoisotopic (exact) mass is 591 g/mol. The average Bonchev–Trinajstić information content (AvgIpc) is 2.91. The molecule has 0 aliphatic heterocycles. The number of carbonyl (C=O) groups excluding carboxylic acids is 2. The summed E-state index contributed by atoms with van der Waals surface area (Å²) in [7, 11) is -2.80. The molecule has 0 saturated heterocycles. The zero-order valence-electron chi connectivity index (χ0n) is 22.1. The molecule has 3 aromatic carbocycles. The van der Waals surface area contributed by atoms with Crippen molar-refractivity contribution in [1.29, 1.82) is 0 Å². The lowest BCUT2D eigenvalue weighted by molar-refractivity contribution is -0.139. The summed E-state index contributed by atoms with van der Waals surface area (Å²) in [5.41, 5.74) is 0.611. The molecule has 0 spiro atoms. The first-order valence-corrected chi connectivity index (χ1v) is 14.4. The SMILES string of the molecule is COc1ccccc1N(CC(=O)N(Cc1c(Cl)cccc1Cl)[C@@H](C)C(=O)NC(C)C)S(=O)(=O)c1ccccc1. The third-order valence-electron chi connectivity index (χ3n) is 5.95. The van der Waals surface area contributed by atoms with E-state index in [4.69, 9.17) is 27.9 Å². The Balaban J connectivity index is 2.10. The molecule has 0 aliphatic rings. The highest BCUT2D eigenvalue weighted by atomic mass is 35.5. The summed E-state index contributed by atoms with van der Waals surface area (Å²) in [6.07, 6.45) is 0. The Bertz CT molecular complexity index is 1400. The van der Waals surface area contributed by atoms with Crippen LogP contribution in [-0.2, 0) is 26.2 Å². The second-order valence-electron chi connectivity index (χ2n) is 9.06. The molecule has 8 nitrogen and oxygen atoms in total. The summed E-state index contributed by atoms with van der Waals surface area (Å²) in [6, 6.07) is 18.1. The van der Waals surface area contributed by atoms with Gasteiger partial charge in [-0.1, -0.05) is 59.6 Å². The van der Waals surface area contributed by atoms with Crippen LogP contribution in [0.5, 0.6) is 5.75 Å². The Morgan fingerprint density at radius 2 is 1.49 bits per heavy atom. The fraction of sp³-hybridized carbons (Fsp3) is 0.286. The molecule has 2 amide bonds. The van der Waals surface area contributed by atoms with E-state index in [0.717, 1.165) is 4.31 Å². The number of ether oxygens (including phenoxy) is 1. The van der Waals surface area contributed by atoms with Crippen molar-refractivity contribution in [1.82, 2.24) is 10.2 Å². The van der Waals surface area contributed by atoms with Crippen molar-refractivity contribution in [3.8, 4) is 5.75 Å². The molecule has 0 heterocycles. The maximum atomic E-state index is 14.0. The second kappa shape index (κ2) is 13.2. The molecule has 0 fully saturated rings. The largest absolute Gasteiger partial charge is 0.495 e. The van der Waals surface area contributed by atoms with Crippen LogP contribution >= 0.6 is 23.2 Å². The predicted molar refractivity (Wildman–Crippen MR) is 154 cm³/mol. The minimum Gasteiger partial charge on any atom is -0.495 e. The number of rotatable bonds is 11. The molecule has 11 heteroatoms. The first-order valence-electron chi connectivity index (χ1n) is 12.2. The second-order valence-corrected chi connectivity index (χ2v) is 11.7. The minimum atomic E-state index is -4.22. The first kappa shape index (κ1) is 30.3. The highest BCUT2D eigenvalue weighted by molar-refractivity contribution is 7.92. The van der Waals surface area contributed by atoms with Gasteiger partial charge in [-0.05, 0) is 57.2 Å². The highest BCUT2D eigenvalue weighted by Crippen LogP contribution is 2.33. The van der Waals surface area contributed by atoms with Gasteiger partial charge in [-0.25, -0.2) is 8.42 Å². The number of hydrogen-bond donors (Lipinski definition) is 1. The number of methoxy groups -OCH3 is 1. The van der Waals surface area contributed by atoms with Crippen LogP contribution in [0.2, 0.25) is 10.0 Å². The van der Waals surface area contributed by atoms with Gasteiger partial charge in [0.2, 0.25) is 11.8 Å². The van der Waals surface area contributed by atoms with Gasteiger partial charge in [-0.2, -0.15) is 0 Å². The van der Waals surface area contributed by atoms with Gasteiger partial charge >= 0.3 is 0 Å². The lowest BCUT2D eigenvalue weighted by Gasteiger charge is -2.33. The molecule has 0 unspecified atom stereocenters. The maximum Gasteiger partial charge on any atom is 0.264 e. The quantitative estimate of drug-likeness (QED) is 0.333. The Morgan fingerprint density at radius 1 is 0.897 bits per heavy atom. The van der Waals surface area contributed by atoms with Gasteiger partial charge in [-0.3, -0.25) is 13.9 Å². The number of amides is 2. The molecule has 0 bridgehead atoms. The molecule has 0 aromatic heterocycles. The van der Waals surface area contributed by atoms with Crippen molar-refractivity contribution in [3.05, 3.63) is 88.4 Å². The predicted octanol–water partition coefficient (Wildman–Crippen LogP) is 5.14. The first-order chi connectivity index (χ1) is 18.5. The molecule has 39 heavy (non-hydrogen) atoms. The van der Waals surface area contributed by atoms with Crippen LogP contribution in [0.25, 0.3) is 0 Å². The van der Waals surface area contributed by atoms with Crippen molar-refractivity contribution in [2.75, 3.05) is 18.0 Å². The van der Waals surface area contributed by atoms with Crippen LogP contribution in [0.15, 0.2) is 77.7 Å². The van der Waals surface area contributed by atoms with E-state index < -0.39 is 34.4 Å². The molecule has 0 saturated carbocycles. The number of nitrogens with one attached hydrogen (secondary N) is 1. The smallest absolute Gasteiger partial charge is 0.264 e. The van der Waals surface area contributed by atoms with Gasteiger partial charge in [-0.15, -0.1) is 0 Å². The van der Waals surface area contributed by atoms with Gasteiger partial charge in [0.15, 0.2) is 0 Å². The van der Waals surface area contributed by atoms with E-state index in [9.17, 15) is 18.0 Å². The number of benzene rings is 3. The Morgan fingerprint density at radius 3 is 2.08 bits per heavy atom. The van der Waals surface area contributed by atoms with E-state index in [1.165, 1.54) is 24.1 Å². The van der Waals surface area contributed by atoms with Crippen molar-refractivity contribution in [2.24, 2.45) is 0 Å². The summed E-state index contributed by atoms with van der Waals surface area (Å²) < 4.78 is 34.1. The van der Waals surface area contributed by atoms with Crippen LogP contribution < -0.4 is 14.4 Å². The van der Waals surface area contributed by atoms with Crippen LogP contribution in [0.4, 0.5) is 5.69 Å². The zero-order valence-corrected chi connectivity index (χ0v) is 24.4. The minimum absolute atomic E-state index is 0.00463. The number of anilines is 1. The van der Waals surface area contributed by atoms with Crippen LogP contribution in [0.1, 0.15) is 26.3 Å². The maximum absolute atomic E-state index is 14.0. The average molecular weight is 593 g/mol. The van der Waals surface area contributed by atoms with E-state index in [1.54, 1.807) is 81.4 Å². The van der Waals surface area contributed by atoms with Gasteiger partial charge in [0.25, 0.3) is 10.0 Å². The fourth-order valence-corrected chi connectivity index (χ4v) is 5.87. The lowest BCUT2D eigenvalue weighted by Crippen LogP contribution is -2.52. The highest BCUT2D eigenvalue weighted by Gasteiger charge is 2.34. The molecular formula is C28H31Cl2N3O5S. The molecule has 1 N–H and O–H groups in total. The summed E-state index contributed by atoms with van der Waals surface area (Å²) in [6.45, 7) is 4.45. The molecule has 3 rings (SSSR count). The number of hydrogen-bond acceptors (Lipinski definition) is 5. The summed E-state index contributed by atoms with van der Waals surface area (Å²) in [4.78, 5) is 28.3. The summed E-state index contributed by atoms with van der Waals surface area (Å²) in [5.74, 6) is -0.782. The third-order valence-corrected chi connectivity index (χ3v) is 8.43. The number of nitrogens with zero attached hydrogens (tertiary/aromatic N) is 2. The molecular weight excluding hydrogens is 561 g/mol. The van der Waals surface area contributed by atoms with Crippen molar-refractivity contribution >= 4 is 50.7 Å². The van der Waals surface area contributed by atoms with Crippen molar-refractivity contribution < 1.29 is 22.7 Å². The van der Waals surface area contributed by atoms with Crippen LogP contribution in [0.3, 0.4) is 0 Å².